The van der Waals surface area contributed by atoms with Crippen LogP contribution < -0.4 is 5.32 Å². The third kappa shape index (κ3) is 4.85. The van der Waals surface area contributed by atoms with Crippen molar-refractivity contribution in [3.8, 4) is 6.07 Å². The van der Waals surface area contributed by atoms with Crippen molar-refractivity contribution in [2.45, 2.75) is 6.42 Å². The van der Waals surface area contributed by atoms with Gasteiger partial charge < -0.3 is 10.1 Å². The van der Waals surface area contributed by atoms with Gasteiger partial charge in [-0.2, -0.15) is 5.26 Å². The van der Waals surface area contributed by atoms with E-state index in [4.69, 9.17) is 5.26 Å². The zero-order valence-corrected chi connectivity index (χ0v) is 9.64. The van der Waals surface area contributed by atoms with Crippen molar-refractivity contribution < 1.29 is 9.53 Å². The van der Waals surface area contributed by atoms with Gasteiger partial charge in [-0.25, -0.2) is 0 Å². The minimum atomic E-state index is -0.363. The Labute approximate surface area is 101 Å². The molecule has 0 amide bonds. The third-order valence-corrected chi connectivity index (χ3v) is 2.13. The van der Waals surface area contributed by atoms with Crippen LogP contribution in [0, 0.1) is 11.3 Å². The smallest absolute Gasteiger partial charge is 0.325 e. The van der Waals surface area contributed by atoms with Gasteiger partial charge in [-0.1, -0.05) is 30.3 Å². The highest BCUT2D eigenvalue weighted by Gasteiger charge is 2.00. The zero-order chi connectivity index (χ0) is 12.5. The van der Waals surface area contributed by atoms with E-state index >= 15 is 0 Å². The van der Waals surface area contributed by atoms with Crippen LogP contribution in [0.1, 0.15) is 5.56 Å². The molecule has 0 saturated heterocycles. The Hall–Kier alpha value is -2.28. The molecule has 0 heterocycles. The molecule has 1 N–H and O–H groups in total. The Balaban J connectivity index is 2.52. The molecule has 0 aliphatic carbocycles. The topological polar surface area (TPSA) is 62.1 Å². The molecule has 0 unspecified atom stereocenters. The van der Waals surface area contributed by atoms with Gasteiger partial charge in [-0.3, -0.25) is 4.79 Å². The molecule has 4 nitrogen and oxygen atoms in total. The number of nitrogens with zero attached hydrogens (tertiary/aromatic N) is 1. The number of carbonyl (C=O) groups is 1. The number of hydrogen-bond acceptors (Lipinski definition) is 4. The Kier molecular flexibility index (Phi) is 5.32. The molecule has 0 aliphatic heterocycles. The second kappa shape index (κ2) is 7.07. The zero-order valence-electron chi connectivity index (χ0n) is 9.64. The van der Waals surface area contributed by atoms with E-state index in [1.807, 2.05) is 30.3 Å². The monoisotopic (exact) mass is 230 g/mol. The number of esters is 1. The maximum atomic E-state index is 10.8. The number of hydrogen-bond donors (Lipinski definition) is 1. The first kappa shape index (κ1) is 12.8. The fourth-order valence-corrected chi connectivity index (χ4v) is 1.27. The number of nitrogens with one attached hydrogen (secondary N) is 1. The van der Waals surface area contributed by atoms with Crippen molar-refractivity contribution in [1.82, 2.24) is 5.32 Å². The van der Waals surface area contributed by atoms with E-state index in [0.717, 1.165) is 5.56 Å². The Morgan fingerprint density at radius 3 is 2.76 bits per heavy atom. The largest absolute Gasteiger partial charge is 0.468 e. The lowest BCUT2D eigenvalue weighted by atomic mass is 10.1. The van der Waals surface area contributed by atoms with Crippen LogP contribution in [0.5, 0.6) is 0 Å². The number of ether oxygens (including phenoxy) is 1. The maximum Gasteiger partial charge on any atom is 0.325 e. The summed E-state index contributed by atoms with van der Waals surface area (Å²) in [7, 11) is 1.32. The van der Waals surface area contributed by atoms with Gasteiger partial charge >= 0.3 is 5.97 Å². The van der Waals surface area contributed by atoms with Gasteiger partial charge in [0.2, 0.25) is 0 Å². The van der Waals surface area contributed by atoms with E-state index in [0.29, 0.717) is 12.0 Å². The van der Waals surface area contributed by atoms with E-state index in [2.05, 4.69) is 16.1 Å². The van der Waals surface area contributed by atoms with Crippen LogP contribution in [-0.2, 0) is 16.0 Å². The molecule has 0 radical (unpaired) electrons. The number of carbonyl (C=O) groups excluding carboxylic acids is 1. The van der Waals surface area contributed by atoms with Gasteiger partial charge in [-0.05, 0) is 5.56 Å². The van der Waals surface area contributed by atoms with E-state index in [-0.39, 0.29) is 12.5 Å². The van der Waals surface area contributed by atoms with Gasteiger partial charge in [0.1, 0.15) is 6.54 Å². The van der Waals surface area contributed by atoms with Crippen LogP contribution in [0.15, 0.2) is 42.1 Å². The molecule has 0 spiro atoms. The van der Waals surface area contributed by atoms with E-state index in [1.165, 1.54) is 7.11 Å². The Morgan fingerprint density at radius 1 is 1.47 bits per heavy atom. The highest BCUT2D eigenvalue weighted by atomic mass is 16.5. The quantitative estimate of drug-likeness (QED) is 0.613. The van der Waals surface area contributed by atoms with Crippen molar-refractivity contribution in [1.29, 1.82) is 5.26 Å². The maximum absolute atomic E-state index is 10.8. The average molecular weight is 230 g/mol. The number of methoxy groups -OCH3 is 1. The number of benzene rings is 1. The molecule has 17 heavy (non-hydrogen) atoms. The fraction of sp³-hybridized carbons (Fsp3) is 0.231. The first-order chi connectivity index (χ1) is 8.26. The second-order valence-electron chi connectivity index (χ2n) is 3.40. The summed E-state index contributed by atoms with van der Waals surface area (Å²) in [5, 5.41) is 11.7. The molecule has 88 valence electrons. The molecular weight excluding hydrogens is 216 g/mol. The van der Waals surface area contributed by atoms with Crippen LogP contribution in [0.2, 0.25) is 0 Å². The van der Waals surface area contributed by atoms with Crippen molar-refractivity contribution in [3.05, 3.63) is 47.7 Å². The lowest BCUT2D eigenvalue weighted by Crippen LogP contribution is -2.19. The van der Waals surface area contributed by atoms with Crippen molar-refractivity contribution in [2.75, 3.05) is 13.7 Å². The lowest BCUT2D eigenvalue weighted by molar-refractivity contribution is -0.139. The van der Waals surface area contributed by atoms with Crippen molar-refractivity contribution in [2.24, 2.45) is 0 Å². The standard InChI is InChI=1S/C13H14N2O2/c1-17-13(16)10-15-9-12(8-14)7-11-5-3-2-4-6-11/h2-6,9,15H,7,10H2,1H3/b12-9-. The molecule has 1 rings (SSSR count). The summed E-state index contributed by atoms with van der Waals surface area (Å²) in [5.41, 5.74) is 1.63. The highest BCUT2D eigenvalue weighted by molar-refractivity contribution is 5.71. The van der Waals surface area contributed by atoms with Crippen LogP contribution in [0.3, 0.4) is 0 Å². The summed E-state index contributed by atoms with van der Waals surface area (Å²) in [4.78, 5) is 10.8. The summed E-state index contributed by atoms with van der Waals surface area (Å²) < 4.78 is 4.47. The fourth-order valence-electron chi connectivity index (χ4n) is 1.27. The molecule has 0 aromatic heterocycles. The molecule has 0 fully saturated rings. The predicted octanol–water partition coefficient (Wildman–Crippen LogP) is 1.40. The summed E-state index contributed by atoms with van der Waals surface area (Å²) >= 11 is 0. The SMILES string of the molecule is COC(=O)CN/C=C(\C#N)Cc1ccccc1. The number of allylic oxidation sites excluding steroid dienone is 1. The first-order valence-corrected chi connectivity index (χ1v) is 5.19. The Bertz CT molecular complexity index is 432. The van der Waals surface area contributed by atoms with Crippen LogP contribution in [0.4, 0.5) is 0 Å². The minimum absolute atomic E-state index is 0.0659. The van der Waals surface area contributed by atoms with E-state index in [1.54, 1.807) is 6.20 Å². The molecule has 0 bridgehead atoms. The highest BCUT2D eigenvalue weighted by Crippen LogP contribution is 2.05. The molecular formula is C13H14N2O2. The number of rotatable bonds is 5. The minimum Gasteiger partial charge on any atom is -0.468 e. The van der Waals surface area contributed by atoms with Gasteiger partial charge in [0.15, 0.2) is 0 Å². The molecule has 0 saturated carbocycles. The summed E-state index contributed by atoms with van der Waals surface area (Å²) in [6.07, 6.45) is 2.09. The lowest BCUT2D eigenvalue weighted by Gasteiger charge is -2.01. The van der Waals surface area contributed by atoms with Gasteiger partial charge in [0.05, 0.1) is 13.2 Å². The van der Waals surface area contributed by atoms with Gasteiger partial charge in [-0.15, -0.1) is 0 Å². The van der Waals surface area contributed by atoms with E-state index < -0.39 is 0 Å². The predicted molar refractivity (Wildman–Crippen MR) is 63.9 cm³/mol. The van der Waals surface area contributed by atoms with Gasteiger partial charge in [0, 0.05) is 18.2 Å². The van der Waals surface area contributed by atoms with E-state index in [9.17, 15) is 4.79 Å². The molecule has 0 atom stereocenters. The summed E-state index contributed by atoms with van der Waals surface area (Å²) in [6, 6.07) is 11.8. The van der Waals surface area contributed by atoms with Crippen LogP contribution >= 0.6 is 0 Å². The molecule has 1 aromatic carbocycles. The first-order valence-electron chi connectivity index (χ1n) is 5.19. The average Bonchev–Trinajstić information content (AvgIpc) is 2.38. The summed E-state index contributed by atoms with van der Waals surface area (Å²) in [5.74, 6) is -0.363. The van der Waals surface area contributed by atoms with Crippen LogP contribution in [-0.4, -0.2) is 19.6 Å². The van der Waals surface area contributed by atoms with Crippen molar-refractivity contribution >= 4 is 5.97 Å². The Morgan fingerprint density at radius 2 is 2.18 bits per heavy atom. The summed E-state index contributed by atoms with van der Waals surface area (Å²) in [6.45, 7) is 0.0659. The normalized spacial score (nSPS) is 10.5. The van der Waals surface area contributed by atoms with Crippen molar-refractivity contribution in [3.63, 3.8) is 0 Å². The van der Waals surface area contributed by atoms with Crippen LogP contribution in [0.25, 0.3) is 0 Å². The molecule has 1 aromatic rings. The molecule has 0 aliphatic rings. The molecule has 4 heteroatoms. The number of nitriles is 1. The second-order valence-corrected chi connectivity index (χ2v) is 3.40. The van der Waals surface area contributed by atoms with Gasteiger partial charge in [0.25, 0.3) is 0 Å². The third-order valence-electron chi connectivity index (χ3n) is 2.13.